The van der Waals surface area contributed by atoms with E-state index in [0.29, 0.717) is 17.8 Å². The zero-order chi connectivity index (χ0) is 13.7. The lowest BCUT2D eigenvalue weighted by Crippen LogP contribution is -2.31. The third-order valence-corrected chi connectivity index (χ3v) is 3.39. The second-order valence-electron chi connectivity index (χ2n) is 5.58. The highest BCUT2D eigenvalue weighted by molar-refractivity contribution is 5.37. The predicted molar refractivity (Wildman–Crippen MR) is 76.2 cm³/mol. The zero-order valence-corrected chi connectivity index (χ0v) is 11.8. The number of aromatic nitrogens is 2. The number of anilines is 1. The molecule has 1 heterocycles. The molecule has 1 aliphatic carbocycles. The number of nitrogens with zero attached hydrogens (tertiary/aromatic N) is 2. The first-order chi connectivity index (χ1) is 9.13. The van der Waals surface area contributed by atoms with Gasteiger partial charge in [-0.25, -0.2) is 9.97 Å². The van der Waals surface area contributed by atoms with Crippen LogP contribution in [0.5, 0.6) is 5.88 Å². The molecule has 1 fully saturated rings. The monoisotopic (exact) mass is 264 g/mol. The molecule has 0 aromatic carbocycles. The lowest BCUT2D eigenvalue weighted by molar-refractivity contribution is 0.232. The molecule has 1 saturated carbocycles. The van der Waals surface area contributed by atoms with Gasteiger partial charge in [-0.1, -0.05) is 6.42 Å². The highest BCUT2D eigenvalue weighted by Gasteiger charge is 2.18. The molecule has 0 bridgehead atoms. The molecule has 0 radical (unpaired) electrons. The average molecular weight is 264 g/mol. The summed E-state index contributed by atoms with van der Waals surface area (Å²) in [6.45, 7) is 4.89. The number of nitrogens with one attached hydrogen (secondary N) is 1. The van der Waals surface area contributed by atoms with Crippen LogP contribution in [0.1, 0.15) is 39.5 Å². The van der Waals surface area contributed by atoms with Gasteiger partial charge in [-0.2, -0.15) is 0 Å². The van der Waals surface area contributed by atoms with E-state index < -0.39 is 0 Å². The highest BCUT2D eigenvalue weighted by Crippen LogP contribution is 2.23. The molecule has 106 valence electrons. The maximum absolute atomic E-state index is 6.00. The van der Waals surface area contributed by atoms with Crippen molar-refractivity contribution >= 4 is 5.82 Å². The van der Waals surface area contributed by atoms with Crippen LogP contribution in [0.3, 0.4) is 0 Å². The van der Waals surface area contributed by atoms with E-state index >= 15 is 0 Å². The Bertz CT molecular complexity index is 397. The summed E-state index contributed by atoms with van der Waals surface area (Å²) in [7, 11) is 0. The van der Waals surface area contributed by atoms with Crippen LogP contribution in [-0.2, 0) is 0 Å². The second kappa shape index (κ2) is 6.70. The molecule has 19 heavy (non-hydrogen) atoms. The average Bonchev–Trinajstić information content (AvgIpc) is 2.36. The van der Waals surface area contributed by atoms with Gasteiger partial charge in [0.05, 0.1) is 6.10 Å². The van der Waals surface area contributed by atoms with Crippen molar-refractivity contribution in [2.24, 2.45) is 11.7 Å². The van der Waals surface area contributed by atoms with E-state index in [1.165, 1.54) is 19.2 Å². The molecule has 2 atom stereocenters. The number of rotatable bonds is 5. The summed E-state index contributed by atoms with van der Waals surface area (Å²) >= 11 is 0. The van der Waals surface area contributed by atoms with E-state index in [2.05, 4.69) is 15.3 Å². The van der Waals surface area contributed by atoms with Crippen molar-refractivity contribution in [3.05, 3.63) is 12.4 Å². The molecular formula is C14H24N4O. The van der Waals surface area contributed by atoms with Crippen molar-refractivity contribution < 1.29 is 4.74 Å². The lowest BCUT2D eigenvalue weighted by Gasteiger charge is -2.26. The minimum Gasteiger partial charge on any atom is -0.475 e. The standard InChI is InChI=1S/C14H24N4O/c1-10(2)19-14-7-13(17-9-18-14)16-8-11-4-3-5-12(15)6-11/h7,9-12H,3-6,8,15H2,1-2H3,(H,16,17,18). The summed E-state index contributed by atoms with van der Waals surface area (Å²) < 4.78 is 5.55. The number of ether oxygens (including phenoxy) is 1. The van der Waals surface area contributed by atoms with Gasteiger partial charge in [0.15, 0.2) is 0 Å². The Balaban J connectivity index is 1.85. The van der Waals surface area contributed by atoms with Gasteiger partial charge in [0.1, 0.15) is 12.1 Å². The van der Waals surface area contributed by atoms with E-state index in [-0.39, 0.29) is 6.10 Å². The first-order valence-corrected chi connectivity index (χ1v) is 7.11. The van der Waals surface area contributed by atoms with Gasteiger partial charge in [-0.3, -0.25) is 0 Å². The maximum atomic E-state index is 6.00. The smallest absolute Gasteiger partial charge is 0.218 e. The highest BCUT2D eigenvalue weighted by atomic mass is 16.5. The third kappa shape index (κ3) is 4.67. The Morgan fingerprint density at radius 3 is 3.00 bits per heavy atom. The molecule has 0 spiro atoms. The van der Waals surface area contributed by atoms with Gasteiger partial charge in [0, 0.05) is 18.7 Å². The first-order valence-electron chi connectivity index (χ1n) is 7.11. The molecule has 5 nitrogen and oxygen atoms in total. The van der Waals surface area contributed by atoms with Gasteiger partial charge in [0.25, 0.3) is 0 Å². The topological polar surface area (TPSA) is 73.1 Å². The van der Waals surface area contributed by atoms with Crippen molar-refractivity contribution in [2.75, 3.05) is 11.9 Å². The fourth-order valence-electron chi connectivity index (χ4n) is 2.51. The summed E-state index contributed by atoms with van der Waals surface area (Å²) in [5.41, 5.74) is 6.00. The van der Waals surface area contributed by atoms with Crippen LogP contribution in [0.2, 0.25) is 0 Å². The SMILES string of the molecule is CC(C)Oc1cc(NCC2CCCC(N)C2)ncn1. The van der Waals surface area contributed by atoms with Crippen molar-refractivity contribution in [2.45, 2.75) is 51.7 Å². The van der Waals surface area contributed by atoms with E-state index in [9.17, 15) is 0 Å². The second-order valence-corrected chi connectivity index (χ2v) is 5.58. The Labute approximate surface area is 115 Å². The number of hydrogen-bond donors (Lipinski definition) is 2. The van der Waals surface area contributed by atoms with Crippen LogP contribution in [0.15, 0.2) is 12.4 Å². The molecular weight excluding hydrogens is 240 g/mol. The summed E-state index contributed by atoms with van der Waals surface area (Å²) in [4.78, 5) is 8.31. The molecule has 3 N–H and O–H groups in total. The number of nitrogens with two attached hydrogens (primary N) is 1. The van der Waals surface area contributed by atoms with Crippen LogP contribution in [0.4, 0.5) is 5.82 Å². The van der Waals surface area contributed by atoms with E-state index in [1.807, 2.05) is 19.9 Å². The van der Waals surface area contributed by atoms with Gasteiger partial charge in [-0.05, 0) is 39.0 Å². The van der Waals surface area contributed by atoms with Gasteiger partial charge < -0.3 is 15.8 Å². The predicted octanol–water partition coefficient (Wildman–Crippen LogP) is 2.19. The van der Waals surface area contributed by atoms with E-state index in [0.717, 1.165) is 25.2 Å². The van der Waals surface area contributed by atoms with Crippen LogP contribution in [-0.4, -0.2) is 28.7 Å². The fraction of sp³-hybridized carbons (Fsp3) is 0.714. The normalized spacial score (nSPS) is 23.4. The minimum atomic E-state index is 0.124. The molecule has 0 saturated heterocycles. The molecule has 0 aliphatic heterocycles. The van der Waals surface area contributed by atoms with E-state index in [4.69, 9.17) is 10.5 Å². The molecule has 2 rings (SSSR count). The van der Waals surface area contributed by atoms with Crippen LogP contribution >= 0.6 is 0 Å². The molecule has 1 aliphatic rings. The van der Waals surface area contributed by atoms with Gasteiger partial charge in [-0.15, -0.1) is 0 Å². The van der Waals surface area contributed by atoms with Crippen molar-refractivity contribution in [1.29, 1.82) is 0 Å². The molecule has 1 aromatic rings. The Morgan fingerprint density at radius 1 is 1.42 bits per heavy atom. The first kappa shape index (κ1) is 14.1. The van der Waals surface area contributed by atoms with Crippen LogP contribution < -0.4 is 15.8 Å². The zero-order valence-electron chi connectivity index (χ0n) is 11.8. The Kier molecular flexibility index (Phi) is 4.96. The quantitative estimate of drug-likeness (QED) is 0.853. The third-order valence-electron chi connectivity index (χ3n) is 3.39. The fourth-order valence-corrected chi connectivity index (χ4v) is 2.51. The molecule has 1 aromatic heterocycles. The maximum Gasteiger partial charge on any atom is 0.218 e. The van der Waals surface area contributed by atoms with Crippen molar-refractivity contribution in [1.82, 2.24) is 9.97 Å². The summed E-state index contributed by atoms with van der Waals surface area (Å²) in [6.07, 6.45) is 6.41. The Hall–Kier alpha value is -1.36. The summed E-state index contributed by atoms with van der Waals surface area (Å²) in [5, 5.41) is 3.36. The van der Waals surface area contributed by atoms with Gasteiger partial charge >= 0.3 is 0 Å². The van der Waals surface area contributed by atoms with Crippen LogP contribution in [0, 0.1) is 5.92 Å². The van der Waals surface area contributed by atoms with Crippen LogP contribution in [0.25, 0.3) is 0 Å². The number of hydrogen-bond acceptors (Lipinski definition) is 5. The van der Waals surface area contributed by atoms with E-state index in [1.54, 1.807) is 0 Å². The minimum absolute atomic E-state index is 0.124. The largest absolute Gasteiger partial charge is 0.475 e. The summed E-state index contributed by atoms with van der Waals surface area (Å²) in [5.74, 6) is 2.09. The molecule has 2 unspecified atom stereocenters. The van der Waals surface area contributed by atoms with Gasteiger partial charge in [0.2, 0.25) is 5.88 Å². The lowest BCUT2D eigenvalue weighted by atomic mass is 9.86. The Morgan fingerprint density at radius 2 is 2.26 bits per heavy atom. The molecule has 0 amide bonds. The van der Waals surface area contributed by atoms with Crippen molar-refractivity contribution in [3.63, 3.8) is 0 Å². The summed E-state index contributed by atoms with van der Waals surface area (Å²) in [6, 6.07) is 2.22. The van der Waals surface area contributed by atoms with Crippen molar-refractivity contribution in [3.8, 4) is 5.88 Å². The molecule has 5 heteroatoms.